The standard InChI is InChI=1S/C15H20BrN3O2/c1-10(14(17)20)19-8-6-11(7-9-19)15(21)18-13-4-2-12(16)3-5-13/h2-5,10-11H,6-9H2,1H3,(H2,17,20)(H,18,21)/t10-/m0/s1. The number of rotatable bonds is 4. The fourth-order valence-corrected chi connectivity index (χ4v) is 2.77. The van der Waals surface area contributed by atoms with Gasteiger partial charge in [0.25, 0.3) is 0 Å². The Balaban J connectivity index is 1.85. The van der Waals surface area contributed by atoms with Crippen LogP contribution in [0.2, 0.25) is 0 Å². The van der Waals surface area contributed by atoms with E-state index >= 15 is 0 Å². The fourth-order valence-electron chi connectivity index (χ4n) is 2.51. The minimum absolute atomic E-state index is 0.00928. The van der Waals surface area contributed by atoms with Crippen LogP contribution < -0.4 is 11.1 Å². The molecule has 0 aromatic heterocycles. The van der Waals surface area contributed by atoms with E-state index in [1.54, 1.807) is 0 Å². The molecular formula is C15H20BrN3O2. The second-order valence-electron chi connectivity index (χ2n) is 5.38. The Morgan fingerprint density at radius 2 is 1.86 bits per heavy atom. The number of primary amides is 1. The van der Waals surface area contributed by atoms with E-state index in [-0.39, 0.29) is 23.8 Å². The van der Waals surface area contributed by atoms with Gasteiger partial charge in [0.05, 0.1) is 6.04 Å². The van der Waals surface area contributed by atoms with Gasteiger partial charge in [0.1, 0.15) is 0 Å². The summed E-state index contributed by atoms with van der Waals surface area (Å²) in [5.41, 5.74) is 6.11. The van der Waals surface area contributed by atoms with Crippen LogP contribution in [0.1, 0.15) is 19.8 Å². The second kappa shape index (κ2) is 7.04. The molecule has 5 nitrogen and oxygen atoms in total. The largest absolute Gasteiger partial charge is 0.368 e. The highest BCUT2D eigenvalue weighted by atomic mass is 79.9. The van der Waals surface area contributed by atoms with Crippen LogP contribution in [-0.2, 0) is 9.59 Å². The van der Waals surface area contributed by atoms with Gasteiger partial charge in [-0.3, -0.25) is 14.5 Å². The smallest absolute Gasteiger partial charge is 0.234 e. The molecule has 1 aromatic rings. The summed E-state index contributed by atoms with van der Waals surface area (Å²) in [7, 11) is 0. The van der Waals surface area contributed by atoms with Gasteiger partial charge in [-0.25, -0.2) is 0 Å². The highest BCUT2D eigenvalue weighted by molar-refractivity contribution is 9.10. The predicted molar refractivity (Wildman–Crippen MR) is 85.7 cm³/mol. The van der Waals surface area contributed by atoms with Gasteiger partial charge in [0.15, 0.2) is 0 Å². The molecule has 6 heteroatoms. The van der Waals surface area contributed by atoms with E-state index in [1.807, 2.05) is 36.1 Å². The molecule has 1 aromatic carbocycles. The van der Waals surface area contributed by atoms with Gasteiger partial charge in [-0.05, 0) is 57.1 Å². The van der Waals surface area contributed by atoms with Crippen LogP contribution in [0, 0.1) is 5.92 Å². The number of piperidine rings is 1. The van der Waals surface area contributed by atoms with E-state index in [0.29, 0.717) is 0 Å². The highest BCUT2D eigenvalue weighted by Gasteiger charge is 2.28. The molecule has 114 valence electrons. The Kier molecular flexibility index (Phi) is 5.36. The van der Waals surface area contributed by atoms with Gasteiger partial charge < -0.3 is 11.1 Å². The van der Waals surface area contributed by atoms with E-state index < -0.39 is 0 Å². The maximum Gasteiger partial charge on any atom is 0.234 e. The van der Waals surface area contributed by atoms with Crippen molar-refractivity contribution in [2.45, 2.75) is 25.8 Å². The predicted octanol–water partition coefficient (Wildman–Crippen LogP) is 1.97. The van der Waals surface area contributed by atoms with Crippen LogP contribution in [0.25, 0.3) is 0 Å². The minimum Gasteiger partial charge on any atom is -0.368 e. The van der Waals surface area contributed by atoms with Gasteiger partial charge in [0, 0.05) is 16.1 Å². The van der Waals surface area contributed by atoms with Crippen LogP contribution in [0.4, 0.5) is 5.69 Å². The molecule has 0 spiro atoms. The summed E-state index contributed by atoms with van der Waals surface area (Å²) in [6, 6.07) is 7.26. The highest BCUT2D eigenvalue weighted by Crippen LogP contribution is 2.21. The topological polar surface area (TPSA) is 75.4 Å². The maximum absolute atomic E-state index is 12.2. The summed E-state index contributed by atoms with van der Waals surface area (Å²) in [5.74, 6) is -0.276. The van der Waals surface area contributed by atoms with Crippen molar-refractivity contribution in [1.29, 1.82) is 0 Å². The molecule has 0 aliphatic carbocycles. The van der Waals surface area contributed by atoms with Crippen LogP contribution in [0.5, 0.6) is 0 Å². The van der Waals surface area contributed by atoms with Crippen LogP contribution in [0.15, 0.2) is 28.7 Å². The molecule has 0 radical (unpaired) electrons. The number of nitrogens with zero attached hydrogens (tertiary/aromatic N) is 1. The number of benzene rings is 1. The molecule has 3 N–H and O–H groups in total. The van der Waals surface area contributed by atoms with Crippen molar-refractivity contribution in [3.05, 3.63) is 28.7 Å². The van der Waals surface area contributed by atoms with Crippen molar-refractivity contribution in [3.63, 3.8) is 0 Å². The maximum atomic E-state index is 12.2. The third-order valence-corrected chi connectivity index (χ3v) is 4.50. The van der Waals surface area contributed by atoms with E-state index in [0.717, 1.165) is 36.1 Å². The zero-order chi connectivity index (χ0) is 15.4. The van der Waals surface area contributed by atoms with Crippen LogP contribution >= 0.6 is 15.9 Å². The van der Waals surface area contributed by atoms with Gasteiger partial charge in [0.2, 0.25) is 11.8 Å². The second-order valence-corrected chi connectivity index (χ2v) is 6.30. The minimum atomic E-state index is -0.312. The lowest BCUT2D eigenvalue weighted by Crippen LogP contribution is -2.47. The van der Waals surface area contributed by atoms with Crippen molar-refractivity contribution >= 4 is 33.4 Å². The lowest BCUT2D eigenvalue weighted by atomic mass is 9.95. The average Bonchev–Trinajstić information content (AvgIpc) is 2.49. The summed E-state index contributed by atoms with van der Waals surface area (Å²) in [5, 5.41) is 2.94. The summed E-state index contributed by atoms with van der Waals surface area (Å²) >= 11 is 3.36. The Labute approximate surface area is 133 Å². The monoisotopic (exact) mass is 353 g/mol. The molecule has 1 aliphatic heterocycles. The van der Waals surface area contributed by atoms with Crippen LogP contribution in [-0.4, -0.2) is 35.8 Å². The Hall–Kier alpha value is -1.40. The molecule has 0 unspecified atom stereocenters. The third-order valence-electron chi connectivity index (χ3n) is 3.97. The number of amides is 2. The first-order chi connectivity index (χ1) is 9.97. The Bertz CT molecular complexity index is 510. The zero-order valence-electron chi connectivity index (χ0n) is 12.0. The molecule has 0 saturated carbocycles. The molecule has 0 bridgehead atoms. The fraction of sp³-hybridized carbons (Fsp3) is 0.467. The molecule has 1 heterocycles. The molecule has 1 atom stereocenters. The van der Waals surface area contributed by atoms with Gasteiger partial charge >= 0.3 is 0 Å². The molecule has 21 heavy (non-hydrogen) atoms. The summed E-state index contributed by atoms with van der Waals surface area (Å²) in [4.78, 5) is 25.4. The number of carbonyl (C=O) groups excluding carboxylic acids is 2. The molecule has 1 aliphatic rings. The first-order valence-corrected chi connectivity index (χ1v) is 7.86. The SMILES string of the molecule is C[C@@H](C(N)=O)N1CCC(C(=O)Nc2ccc(Br)cc2)CC1. The zero-order valence-corrected chi connectivity index (χ0v) is 13.6. The molecule has 2 rings (SSSR count). The molecule has 1 saturated heterocycles. The Morgan fingerprint density at radius 3 is 2.38 bits per heavy atom. The van der Waals surface area contributed by atoms with Crippen molar-refractivity contribution in [3.8, 4) is 0 Å². The summed E-state index contributed by atoms with van der Waals surface area (Å²) < 4.78 is 0.981. The van der Waals surface area contributed by atoms with E-state index in [4.69, 9.17) is 5.73 Å². The normalized spacial score (nSPS) is 18.2. The van der Waals surface area contributed by atoms with Crippen LogP contribution in [0.3, 0.4) is 0 Å². The van der Waals surface area contributed by atoms with Crippen molar-refractivity contribution in [1.82, 2.24) is 4.90 Å². The average molecular weight is 354 g/mol. The molecule has 1 fully saturated rings. The quantitative estimate of drug-likeness (QED) is 0.868. The number of anilines is 1. The van der Waals surface area contributed by atoms with Gasteiger partial charge in [-0.15, -0.1) is 0 Å². The third kappa shape index (κ3) is 4.28. The van der Waals surface area contributed by atoms with Crippen molar-refractivity contribution in [2.75, 3.05) is 18.4 Å². The van der Waals surface area contributed by atoms with E-state index in [9.17, 15) is 9.59 Å². The summed E-state index contributed by atoms with van der Waals surface area (Å²) in [6.45, 7) is 3.26. The number of hydrogen-bond acceptors (Lipinski definition) is 3. The van der Waals surface area contributed by atoms with E-state index in [2.05, 4.69) is 21.2 Å². The number of nitrogens with one attached hydrogen (secondary N) is 1. The molecule has 2 amide bonds. The first-order valence-electron chi connectivity index (χ1n) is 7.07. The summed E-state index contributed by atoms with van der Waals surface area (Å²) in [6.07, 6.45) is 1.50. The van der Waals surface area contributed by atoms with Crippen molar-refractivity contribution < 1.29 is 9.59 Å². The number of carbonyl (C=O) groups is 2. The number of halogens is 1. The number of nitrogens with two attached hydrogens (primary N) is 1. The molecular weight excluding hydrogens is 334 g/mol. The Morgan fingerprint density at radius 1 is 1.29 bits per heavy atom. The lowest BCUT2D eigenvalue weighted by Gasteiger charge is -2.34. The number of hydrogen-bond donors (Lipinski definition) is 2. The van der Waals surface area contributed by atoms with E-state index in [1.165, 1.54) is 0 Å². The first kappa shape index (κ1) is 16.0. The van der Waals surface area contributed by atoms with Crippen molar-refractivity contribution in [2.24, 2.45) is 11.7 Å². The van der Waals surface area contributed by atoms with Gasteiger partial charge in [-0.2, -0.15) is 0 Å². The lowest BCUT2D eigenvalue weighted by molar-refractivity contribution is -0.124. The van der Waals surface area contributed by atoms with Gasteiger partial charge in [-0.1, -0.05) is 15.9 Å². The number of likely N-dealkylation sites (tertiary alicyclic amines) is 1.